The second kappa shape index (κ2) is 8.44. The molecule has 0 aliphatic rings. The Balaban J connectivity index is 2.29. The van der Waals surface area contributed by atoms with Gasteiger partial charge in [-0.1, -0.05) is 26.0 Å². The van der Waals surface area contributed by atoms with Gasteiger partial charge in [0, 0.05) is 11.4 Å². The highest BCUT2D eigenvalue weighted by Gasteiger charge is 2.20. The number of aliphatic hydroxyl groups excluding tert-OH is 1. The van der Waals surface area contributed by atoms with Gasteiger partial charge in [0.05, 0.1) is 23.8 Å². The molecular formula is C22H30N2O3. The Morgan fingerprint density at radius 1 is 1.15 bits per heavy atom. The molecule has 2 aromatic carbocycles. The van der Waals surface area contributed by atoms with Gasteiger partial charge in [-0.2, -0.15) is 0 Å². The minimum Gasteiger partial charge on any atom is -0.478 e. The van der Waals surface area contributed by atoms with E-state index in [4.69, 9.17) is 5.11 Å². The van der Waals surface area contributed by atoms with Crippen LogP contribution >= 0.6 is 0 Å². The van der Waals surface area contributed by atoms with Gasteiger partial charge < -0.3 is 20.8 Å². The summed E-state index contributed by atoms with van der Waals surface area (Å²) in [6.45, 7) is 10.1. The van der Waals surface area contributed by atoms with Crippen LogP contribution in [-0.4, -0.2) is 28.3 Å². The Hall–Kier alpha value is -2.53. The Morgan fingerprint density at radius 3 is 2.41 bits per heavy atom. The zero-order valence-electron chi connectivity index (χ0n) is 16.7. The number of carboxylic acid groups (broad SMARTS) is 1. The number of carboxylic acids is 1. The normalized spacial score (nSPS) is 12.7. The Labute approximate surface area is 161 Å². The average Bonchev–Trinajstić information content (AvgIpc) is 2.60. The van der Waals surface area contributed by atoms with Crippen molar-refractivity contribution in [3.05, 3.63) is 59.2 Å². The molecule has 2 rings (SSSR count). The smallest absolute Gasteiger partial charge is 0.335 e. The lowest BCUT2D eigenvalue weighted by Crippen LogP contribution is -2.34. The Bertz CT molecular complexity index is 800. The number of carbonyl (C=O) groups is 1. The molecule has 0 radical (unpaired) electrons. The van der Waals surface area contributed by atoms with Crippen LogP contribution in [0.1, 0.15) is 55.2 Å². The van der Waals surface area contributed by atoms with E-state index in [9.17, 15) is 9.90 Å². The zero-order valence-corrected chi connectivity index (χ0v) is 16.7. The van der Waals surface area contributed by atoms with Gasteiger partial charge in [-0.3, -0.25) is 0 Å². The van der Waals surface area contributed by atoms with Crippen LogP contribution < -0.4 is 10.6 Å². The minimum absolute atomic E-state index is 0.0399. The van der Waals surface area contributed by atoms with E-state index >= 15 is 0 Å². The van der Waals surface area contributed by atoms with E-state index < -0.39 is 11.5 Å². The number of nitrogens with one attached hydrogen (secondary N) is 2. The van der Waals surface area contributed by atoms with Crippen molar-refractivity contribution in [3.63, 3.8) is 0 Å². The first-order chi connectivity index (χ1) is 12.6. The van der Waals surface area contributed by atoms with Crippen LogP contribution in [0.15, 0.2) is 42.5 Å². The predicted molar refractivity (Wildman–Crippen MR) is 111 cm³/mol. The first kappa shape index (κ1) is 20.8. The summed E-state index contributed by atoms with van der Waals surface area (Å²) in [5.41, 5.74) is 3.80. The third-order valence-electron chi connectivity index (χ3n) is 4.57. The van der Waals surface area contributed by atoms with E-state index in [2.05, 4.69) is 36.6 Å². The molecule has 0 spiro atoms. The highest BCUT2D eigenvalue weighted by molar-refractivity contribution is 5.88. The lowest BCUT2D eigenvalue weighted by atomic mass is 9.94. The van der Waals surface area contributed by atoms with Crippen LogP contribution in [0.3, 0.4) is 0 Å². The van der Waals surface area contributed by atoms with Crippen molar-refractivity contribution in [1.82, 2.24) is 0 Å². The van der Waals surface area contributed by atoms with Gasteiger partial charge in [0.15, 0.2) is 0 Å². The molecule has 146 valence electrons. The first-order valence-corrected chi connectivity index (χ1v) is 9.22. The molecule has 0 fully saturated rings. The Morgan fingerprint density at radius 2 is 1.85 bits per heavy atom. The molecule has 0 aliphatic carbocycles. The monoisotopic (exact) mass is 370 g/mol. The average molecular weight is 370 g/mol. The van der Waals surface area contributed by atoms with Crippen LogP contribution in [0, 0.1) is 12.8 Å². The molecule has 0 saturated heterocycles. The van der Waals surface area contributed by atoms with Gasteiger partial charge in [-0.05, 0) is 68.1 Å². The van der Waals surface area contributed by atoms with Crippen LogP contribution in [-0.2, 0) is 0 Å². The van der Waals surface area contributed by atoms with Crippen LogP contribution in [0.4, 0.5) is 11.4 Å². The number of benzene rings is 2. The second-order valence-electron chi connectivity index (χ2n) is 7.99. The van der Waals surface area contributed by atoms with Gasteiger partial charge in [-0.15, -0.1) is 0 Å². The summed E-state index contributed by atoms with van der Waals surface area (Å²) in [7, 11) is 0. The summed E-state index contributed by atoms with van der Waals surface area (Å²) in [6.07, 6.45) is 0. The standard InChI is InChI=1S/C22H30N2O3/c1-14(2)20(23-19-10-9-17(21(26)27)11-15(19)3)16-7-6-8-18(12-16)24-22(4,5)13-25/h6-12,14,20,23-25H,13H2,1-5H3,(H,26,27). The summed E-state index contributed by atoms with van der Waals surface area (Å²) < 4.78 is 0. The molecule has 2 aromatic rings. The van der Waals surface area contributed by atoms with Crippen molar-refractivity contribution in [1.29, 1.82) is 0 Å². The fraction of sp³-hybridized carbons (Fsp3) is 0.409. The van der Waals surface area contributed by atoms with Gasteiger partial charge in [0.1, 0.15) is 0 Å². The van der Waals surface area contributed by atoms with Crippen molar-refractivity contribution in [3.8, 4) is 0 Å². The van der Waals surface area contributed by atoms with Crippen LogP contribution in [0.2, 0.25) is 0 Å². The van der Waals surface area contributed by atoms with Crippen LogP contribution in [0.25, 0.3) is 0 Å². The maximum absolute atomic E-state index is 11.1. The zero-order chi connectivity index (χ0) is 20.2. The third-order valence-corrected chi connectivity index (χ3v) is 4.57. The predicted octanol–water partition coefficient (Wildman–Crippen LogP) is 4.69. The summed E-state index contributed by atoms with van der Waals surface area (Å²) >= 11 is 0. The van der Waals surface area contributed by atoms with Crippen molar-refractivity contribution in [2.45, 2.75) is 46.2 Å². The number of anilines is 2. The molecule has 27 heavy (non-hydrogen) atoms. The van der Waals surface area contributed by atoms with E-state index in [0.29, 0.717) is 5.92 Å². The van der Waals surface area contributed by atoms with E-state index in [1.54, 1.807) is 12.1 Å². The molecule has 0 aromatic heterocycles. The van der Waals surface area contributed by atoms with E-state index in [-0.39, 0.29) is 18.2 Å². The topological polar surface area (TPSA) is 81.6 Å². The van der Waals surface area contributed by atoms with Crippen molar-refractivity contribution in [2.75, 3.05) is 17.2 Å². The highest BCUT2D eigenvalue weighted by atomic mass is 16.4. The first-order valence-electron chi connectivity index (χ1n) is 9.22. The lowest BCUT2D eigenvalue weighted by molar-refractivity contribution is 0.0697. The SMILES string of the molecule is Cc1cc(C(=O)O)ccc1NC(c1cccc(NC(C)(C)CO)c1)C(C)C. The maximum Gasteiger partial charge on any atom is 0.335 e. The Kier molecular flexibility index (Phi) is 6.50. The molecule has 5 nitrogen and oxygen atoms in total. The number of aromatic carboxylic acids is 1. The fourth-order valence-electron chi connectivity index (χ4n) is 3.00. The largest absolute Gasteiger partial charge is 0.478 e. The maximum atomic E-state index is 11.1. The number of hydrogen-bond acceptors (Lipinski definition) is 4. The van der Waals surface area contributed by atoms with Gasteiger partial charge in [-0.25, -0.2) is 4.79 Å². The molecule has 5 heteroatoms. The van der Waals surface area contributed by atoms with Gasteiger partial charge in [0.2, 0.25) is 0 Å². The number of rotatable bonds is 8. The van der Waals surface area contributed by atoms with Crippen molar-refractivity contribution >= 4 is 17.3 Å². The molecule has 0 saturated carbocycles. The molecular weight excluding hydrogens is 340 g/mol. The van der Waals surface area contributed by atoms with Crippen molar-refractivity contribution < 1.29 is 15.0 Å². The third kappa shape index (κ3) is 5.47. The highest BCUT2D eigenvalue weighted by Crippen LogP contribution is 2.30. The molecule has 1 atom stereocenters. The molecule has 1 unspecified atom stereocenters. The molecule has 0 aliphatic heterocycles. The quantitative estimate of drug-likeness (QED) is 0.542. The van der Waals surface area contributed by atoms with Crippen LogP contribution in [0.5, 0.6) is 0 Å². The lowest BCUT2D eigenvalue weighted by Gasteiger charge is -2.28. The van der Waals surface area contributed by atoms with Crippen molar-refractivity contribution in [2.24, 2.45) is 5.92 Å². The second-order valence-corrected chi connectivity index (χ2v) is 7.99. The number of hydrogen-bond donors (Lipinski definition) is 4. The number of aryl methyl sites for hydroxylation is 1. The summed E-state index contributed by atoms with van der Waals surface area (Å²) in [5, 5.41) is 25.6. The molecule has 0 heterocycles. The molecule has 0 bridgehead atoms. The summed E-state index contributed by atoms with van der Waals surface area (Å²) in [6, 6.07) is 13.4. The summed E-state index contributed by atoms with van der Waals surface area (Å²) in [5.74, 6) is -0.597. The van der Waals surface area contributed by atoms with E-state index in [1.165, 1.54) is 0 Å². The van der Waals surface area contributed by atoms with E-state index in [0.717, 1.165) is 22.5 Å². The number of aliphatic hydroxyl groups is 1. The van der Waals surface area contributed by atoms with Gasteiger partial charge >= 0.3 is 5.97 Å². The van der Waals surface area contributed by atoms with Gasteiger partial charge in [0.25, 0.3) is 0 Å². The minimum atomic E-state index is -0.921. The summed E-state index contributed by atoms with van der Waals surface area (Å²) in [4.78, 5) is 11.1. The molecule has 0 amide bonds. The molecule has 4 N–H and O–H groups in total. The fourth-order valence-corrected chi connectivity index (χ4v) is 3.00. The van der Waals surface area contributed by atoms with E-state index in [1.807, 2.05) is 39.0 Å².